The summed E-state index contributed by atoms with van der Waals surface area (Å²) in [5.74, 6) is -0.789. The van der Waals surface area contributed by atoms with Gasteiger partial charge in [0, 0.05) is 5.97 Å². The van der Waals surface area contributed by atoms with E-state index in [4.69, 9.17) is 4.74 Å². The van der Waals surface area contributed by atoms with Crippen LogP contribution >= 0.6 is 0 Å². The number of ether oxygens (including phenoxy) is 1. The average molecular weight is 269 g/mol. The molecule has 110 valence electrons. The van der Waals surface area contributed by atoms with E-state index in [0.717, 1.165) is 38.5 Å². The second-order valence-corrected chi connectivity index (χ2v) is 5.39. The second-order valence-electron chi connectivity index (χ2n) is 5.39. The molecule has 0 aromatic carbocycles. The van der Waals surface area contributed by atoms with E-state index in [2.05, 4.69) is 0 Å². The van der Waals surface area contributed by atoms with Gasteiger partial charge in [-0.3, -0.25) is 4.79 Å². The van der Waals surface area contributed by atoms with E-state index in [1.807, 2.05) is 0 Å². The number of hydrogen-bond acceptors (Lipinski definition) is 4. The number of unbranched alkanes of at least 4 members (excludes halogenated alkanes) is 7. The summed E-state index contributed by atoms with van der Waals surface area (Å²) in [5, 5.41) is 10.2. The molecule has 0 amide bonds. The third kappa shape index (κ3) is 7.85. The van der Waals surface area contributed by atoms with Crippen LogP contribution in [-0.4, -0.2) is 18.5 Å². The SMILES string of the molecule is O=C([O-])CCCCCCCCCC[C@@H]1CCOC1=O. The maximum atomic E-state index is 11.2. The second kappa shape index (κ2) is 9.82. The van der Waals surface area contributed by atoms with E-state index < -0.39 is 5.97 Å². The van der Waals surface area contributed by atoms with Crippen LogP contribution in [0.25, 0.3) is 0 Å². The molecule has 0 aromatic rings. The van der Waals surface area contributed by atoms with Gasteiger partial charge in [-0.2, -0.15) is 0 Å². The molecule has 0 saturated carbocycles. The smallest absolute Gasteiger partial charge is 0.309 e. The van der Waals surface area contributed by atoms with Gasteiger partial charge in [-0.25, -0.2) is 0 Å². The highest BCUT2D eigenvalue weighted by Crippen LogP contribution is 2.21. The number of carbonyl (C=O) groups is 2. The summed E-state index contributed by atoms with van der Waals surface area (Å²) in [7, 11) is 0. The summed E-state index contributed by atoms with van der Waals surface area (Å²) in [6.45, 7) is 0.607. The van der Waals surface area contributed by atoms with Gasteiger partial charge in [-0.1, -0.05) is 44.9 Å². The van der Waals surface area contributed by atoms with Crippen molar-refractivity contribution < 1.29 is 19.4 Å². The third-order valence-corrected chi connectivity index (χ3v) is 3.73. The van der Waals surface area contributed by atoms with Crippen molar-refractivity contribution in [2.24, 2.45) is 5.92 Å². The predicted octanol–water partition coefficient (Wildman–Crippen LogP) is 2.20. The van der Waals surface area contributed by atoms with Crippen molar-refractivity contribution >= 4 is 11.9 Å². The number of carboxylic acid groups (broad SMARTS) is 1. The lowest BCUT2D eigenvalue weighted by Crippen LogP contribution is -2.21. The molecule has 4 nitrogen and oxygen atoms in total. The molecule has 1 aliphatic rings. The molecule has 0 N–H and O–H groups in total. The standard InChI is InChI=1S/C15H26O4/c16-14(17)10-8-6-4-2-1-3-5-7-9-13-11-12-19-15(13)18/h13H,1-12H2,(H,16,17)/p-1/t13-/m1/s1. The lowest BCUT2D eigenvalue weighted by atomic mass is 9.99. The number of cyclic esters (lactones) is 1. The minimum absolute atomic E-state index is 0.00656. The monoisotopic (exact) mass is 269 g/mol. The summed E-state index contributed by atoms with van der Waals surface area (Å²) in [6.07, 6.45) is 10.8. The van der Waals surface area contributed by atoms with Gasteiger partial charge >= 0.3 is 5.97 Å². The summed E-state index contributed by atoms with van der Waals surface area (Å²) in [5.41, 5.74) is 0. The Labute approximate surface area is 115 Å². The molecule has 1 rings (SSSR count). The molecule has 1 atom stereocenters. The Bertz CT molecular complexity index is 275. The first-order valence-electron chi connectivity index (χ1n) is 7.56. The molecule has 1 heterocycles. The van der Waals surface area contributed by atoms with Crippen molar-refractivity contribution in [1.29, 1.82) is 0 Å². The Morgan fingerprint density at radius 1 is 1.05 bits per heavy atom. The van der Waals surface area contributed by atoms with Gasteiger partial charge in [0.25, 0.3) is 0 Å². The van der Waals surface area contributed by atoms with E-state index >= 15 is 0 Å². The first kappa shape index (κ1) is 16.0. The van der Waals surface area contributed by atoms with Gasteiger partial charge in [0.05, 0.1) is 12.5 Å². The molecule has 0 radical (unpaired) electrons. The van der Waals surface area contributed by atoms with Gasteiger partial charge in [0.15, 0.2) is 0 Å². The van der Waals surface area contributed by atoms with Crippen LogP contribution in [0.4, 0.5) is 0 Å². The lowest BCUT2D eigenvalue weighted by Gasteiger charge is -2.05. The molecule has 0 bridgehead atoms. The maximum Gasteiger partial charge on any atom is 0.309 e. The minimum Gasteiger partial charge on any atom is -0.550 e. The molecular formula is C15H25O4-. The fourth-order valence-electron chi connectivity index (χ4n) is 2.52. The first-order chi connectivity index (χ1) is 9.20. The van der Waals surface area contributed by atoms with Crippen molar-refractivity contribution in [2.45, 2.75) is 70.6 Å². The van der Waals surface area contributed by atoms with Crippen molar-refractivity contribution in [3.8, 4) is 0 Å². The molecule has 0 aliphatic carbocycles. The minimum atomic E-state index is -0.939. The Morgan fingerprint density at radius 3 is 2.16 bits per heavy atom. The van der Waals surface area contributed by atoms with Crippen LogP contribution in [0.15, 0.2) is 0 Å². The number of aliphatic carboxylic acids is 1. The molecule has 1 saturated heterocycles. The van der Waals surface area contributed by atoms with Gasteiger partial charge in [0.1, 0.15) is 0 Å². The fraction of sp³-hybridized carbons (Fsp3) is 0.867. The highest BCUT2D eigenvalue weighted by atomic mass is 16.5. The molecule has 1 fully saturated rings. The molecule has 19 heavy (non-hydrogen) atoms. The number of carboxylic acids is 1. The molecule has 0 unspecified atom stereocenters. The number of rotatable bonds is 11. The van der Waals surface area contributed by atoms with Crippen LogP contribution in [0, 0.1) is 5.92 Å². The molecular weight excluding hydrogens is 244 g/mol. The zero-order valence-corrected chi connectivity index (χ0v) is 11.7. The van der Waals surface area contributed by atoms with E-state index in [-0.39, 0.29) is 18.3 Å². The van der Waals surface area contributed by atoms with E-state index in [0.29, 0.717) is 6.61 Å². The Kier molecular flexibility index (Phi) is 8.26. The quantitative estimate of drug-likeness (QED) is 0.426. The highest BCUT2D eigenvalue weighted by Gasteiger charge is 2.25. The number of hydrogen-bond donors (Lipinski definition) is 0. The van der Waals surface area contributed by atoms with Crippen molar-refractivity contribution in [2.75, 3.05) is 6.61 Å². The van der Waals surface area contributed by atoms with Crippen LogP contribution in [0.1, 0.15) is 70.6 Å². The van der Waals surface area contributed by atoms with Crippen LogP contribution in [-0.2, 0) is 14.3 Å². The van der Waals surface area contributed by atoms with Crippen LogP contribution < -0.4 is 5.11 Å². The summed E-state index contributed by atoms with van der Waals surface area (Å²) in [4.78, 5) is 21.4. The van der Waals surface area contributed by atoms with Crippen LogP contribution in [0.2, 0.25) is 0 Å². The van der Waals surface area contributed by atoms with Gasteiger partial charge < -0.3 is 14.6 Å². The third-order valence-electron chi connectivity index (χ3n) is 3.73. The van der Waals surface area contributed by atoms with Crippen molar-refractivity contribution in [3.05, 3.63) is 0 Å². The van der Waals surface area contributed by atoms with E-state index in [1.165, 1.54) is 25.7 Å². The predicted molar refractivity (Wildman–Crippen MR) is 70.2 cm³/mol. The molecule has 0 aromatic heterocycles. The van der Waals surface area contributed by atoms with Crippen LogP contribution in [0.3, 0.4) is 0 Å². The Balaban J connectivity index is 1.78. The highest BCUT2D eigenvalue weighted by molar-refractivity contribution is 5.73. The normalized spacial score (nSPS) is 18.5. The summed E-state index contributed by atoms with van der Waals surface area (Å²) in [6, 6.07) is 0. The Hall–Kier alpha value is -1.06. The Morgan fingerprint density at radius 2 is 1.63 bits per heavy atom. The van der Waals surface area contributed by atoms with Crippen molar-refractivity contribution in [1.82, 2.24) is 0 Å². The maximum absolute atomic E-state index is 11.2. The largest absolute Gasteiger partial charge is 0.550 e. The van der Waals surface area contributed by atoms with Crippen molar-refractivity contribution in [3.63, 3.8) is 0 Å². The average Bonchev–Trinajstić information content (AvgIpc) is 2.77. The van der Waals surface area contributed by atoms with E-state index in [9.17, 15) is 14.7 Å². The topological polar surface area (TPSA) is 66.4 Å². The summed E-state index contributed by atoms with van der Waals surface area (Å²) < 4.78 is 4.93. The number of esters is 1. The zero-order valence-electron chi connectivity index (χ0n) is 11.7. The molecule has 1 aliphatic heterocycles. The van der Waals surface area contributed by atoms with Gasteiger partial charge in [-0.15, -0.1) is 0 Å². The van der Waals surface area contributed by atoms with Crippen LogP contribution in [0.5, 0.6) is 0 Å². The fourth-order valence-corrected chi connectivity index (χ4v) is 2.52. The first-order valence-corrected chi connectivity index (χ1v) is 7.56. The lowest BCUT2D eigenvalue weighted by molar-refractivity contribution is -0.305. The molecule has 4 heteroatoms. The van der Waals surface area contributed by atoms with E-state index in [1.54, 1.807) is 0 Å². The van der Waals surface area contributed by atoms with Gasteiger partial charge in [0.2, 0.25) is 0 Å². The van der Waals surface area contributed by atoms with Gasteiger partial charge in [-0.05, 0) is 25.7 Å². The number of carbonyl (C=O) groups excluding carboxylic acids is 2. The summed E-state index contributed by atoms with van der Waals surface area (Å²) >= 11 is 0. The zero-order chi connectivity index (χ0) is 13.9. The molecule has 0 spiro atoms.